The predicted molar refractivity (Wildman–Crippen MR) is 96.4 cm³/mol. The number of nitrogens with one attached hydrogen (secondary N) is 2. The molecule has 1 aromatic carbocycles. The molecular weight excluding hydrogens is 397 g/mol. The maximum Gasteiger partial charge on any atom is 0.410 e. The standard InChI is InChI=1S/C18H14ClF3N4O2/c19-10-3-5-11(6-4-10)23-17(27)13-9-16-24-12(14-2-1-7-28-14)8-15(18(20,21)22)26(16)25-13/h1-7,9,12,15,24H,8H2,(H,23,27)/t12-,15-/m0/s1. The SMILES string of the molecule is O=C(Nc1ccc(Cl)cc1)c1cc2n(n1)[C@H](C(F)(F)F)C[C@@H](c1ccco1)N2. The second-order valence-electron chi connectivity index (χ2n) is 6.33. The quantitative estimate of drug-likeness (QED) is 0.634. The second kappa shape index (κ2) is 6.90. The van der Waals surface area contributed by atoms with Crippen LogP contribution in [0.4, 0.5) is 24.7 Å². The average molecular weight is 411 g/mol. The van der Waals surface area contributed by atoms with Crippen molar-refractivity contribution < 1.29 is 22.4 Å². The molecule has 6 nitrogen and oxygen atoms in total. The normalized spacial score (nSPS) is 19.0. The molecule has 0 saturated carbocycles. The molecule has 2 aromatic heterocycles. The van der Waals surface area contributed by atoms with Gasteiger partial charge in [-0.25, -0.2) is 4.68 Å². The molecule has 0 fully saturated rings. The number of rotatable bonds is 3. The molecule has 2 N–H and O–H groups in total. The van der Waals surface area contributed by atoms with E-state index < -0.39 is 24.2 Å². The van der Waals surface area contributed by atoms with E-state index in [1.807, 2.05) is 0 Å². The van der Waals surface area contributed by atoms with Crippen LogP contribution in [0.5, 0.6) is 0 Å². The Morgan fingerprint density at radius 2 is 2.04 bits per heavy atom. The lowest BCUT2D eigenvalue weighted by Gasteiger charge is -2.32. The fourth-order valence-corrected chi connectivity index (χ4v) is 3.21. The van der Waals surface area contributed by atoms with Crippen molar-refractivity contribution in [2.45, 2.75) is 24.7 Å². The molecule has 3 aromatic rings. The molecule has 0 aliphatic carbocycles. The van der Waals surface area contributed by atoms with Gasteiger partial charge in [0.05, 0.1) is 12.3 Å². The minimum absolute atomic E-state index is 0.0937. The zero-order valence-electron chi connectivity index (χ0n) is 14.2. The zero-order chi connectivity index (χ0) is 19.9. The van der Waals surface area contributed by atoms with Gasteiger partial charge in [0.15, 0.2) is 11.7 Å². The third-order valence-electron chi connectivity index (χ3n) is 4.41. The molecule has 0 radical (unpaired) electrons. The summed E-state index contributed by atoms with van der Waals surface area (Å²) in [7, 11) is 0. The largest absolute Gasteiger partial charge is 0.467 e. The number of amides is 1. The lowest BCUT2D eigenvalue weighted by molar-refractivity contribution is -0.174. The van der Waals surface area contributed by atoms with Gasteiger partial charge in [-0.05, 0) is 36.4 Å². The number of alkyl halides is 3. The van der Waals surface area contributed by atoms with Crippen LogP contribution in [-0.4, -0.2) is 21.9 Å². The summed E-state index contributed by atoms with van der Waals surface area (Å²) in [5.41, 5.74) is 0.320. The Hall–Kier alpha value is -2.94. The molecule has 0 spiro atoms. The van der Waals surface area contributed by atoms with Gasteiger partial charge < -0.3 is 15.1 Å². The highest BCUT2D eigenvalue weighted by molar-refractivity contribution is 6.30. The first kappa shape index (κ1) is 18.4. The Kier molecular flexibility index (Phi) is 4.54. The number of nitrogens with zero attached hydrogens (tertiary/aromatic N) is 2. The number of halogens is 4. The monoisotopic (exact) mass is 410 g/mol. The summed E-state index contributed by atoms with van der Waals surface area (Å²) in [6, 6.07) is 8.28. The Balaban J connectivity index is 1.63. The molecule has 4 rings (SSSR count). The minimum Gasteiger partial charge on any atom is -0.467 e. The number of hydrogen-bond acceptors (Lipinski definition) is 4. The van der Waals surface area contributed by atoms with Crippen molar-refractivity contribution in [1.82, 2.24) is 9.78 Å². The van der Waals surface area contributed by atoms with Crippen molar-refractivity contribution in [3.8, 4) is 0 Å². The summed E-state index contributed by atoms with van der Waals surface area (Å²) in [6.45, 7) is 0. The van der Waals surface area contributed by atoms with E-state index in [1.165, 1.54) is 12.3 Å². The van der Waals surface area contributed by atoms with Crippen molar-refractivity contribution in [2.24, 2.45) is 0 Å². The highest BCUT2D eigenvalue weighted by atomic mass is 35.5. The Morgan fingerprint density at radius 1 is 1.29 bits per heavy atom. The second-order valence-corrected chi connectivity index (χ2v) is 6.76. The molecule has 0 saturated heterocycles. The van der Waals surface area contributed by atoms with E-state index in [4.69, 9.17) is 16.0 Å². The van der Waals surface area contributed by atoms with E-state index in [1.54, 1.807) is 36.4 Å². The van der Waals surface area contributed by atoms with Crippen molar-refractivity contribution in [2.75, 3.05) is 10.6 Å². The van der Waals surface area contributed by atoms with Crippen LogP contribution in [0.1, 0.15) is 34.8 Å². The summed E-state index contributed by atoms with van der Waals surface area (Å²) < 4.78 is 46.8. The van der Waals surface area contributed by atoms with Gasteiger partial charge in [-0.2, -0.15) is 18.3 Å². The first-order valence-corrected chi connectivity index (χ1v) is 8.72. The third-order valence-corrected chi connectivity index (χ3v) is 4.66. The van der Waals surface area contributed by atoms with Gasteiger partial charge in [0.25, 0.3) is 5.91 Å². The molecule has 2 atom stereocenters. The van der Waals surface area contributed by atoms with Gasteiger partial charge in [-0.3, -0.25) is 4.79 Å². The van der Waals surface area contributed by atoms with Crippen LogP contribution in [0, 0.1) is 0 Å². The fraction of sp³-hybridized carbons (Fsp3) is 0.222. The molecule has 1 aliphatic rings. The molecule has 10 heteroatoms. The van der Waals surface area contributed by atoms with Crippen LogP contribution in [-0.2, 0) is 0 Å². The van der Waals surface area contributed by atoms with Crippen LogP contribution in [0.2, 0.25) is 5.02 Å². The molecule has 1 amide bonds. The zero-order valence-corrected chi connectivity index (χ0v) is 15.0. The number of carbonyl (C=O) groups is 1. The van der Waals surface area contributed by atoms with Crippen molar-refractivity contribution in [1.29, 1.82) is 0 Å². The summed E-state index contributed by atoms with van der Waals surface area (Å²) in [5, 5.41) is 9.93. The molecule has 1 aliphatic heterocycles. The number of furan rings is 1. The highest BCUT2D eigenvalue weighted by Crippen LogP contribution is 2.43. The topological polar surface area (TPSA) is 72.1 Å². The van der Waals surface area contributed by atoms with Crippen LogP contribution in [0.15, 0.2) is 53.1 Å². The highest BCUT2D eigenvalue weighted by Gasteiger charge is 2.47. The van der Waals surface area contributed by atoms with Gasteiger partial charge in [0.2, 0.25) is 0 Å². The van der Waals surface area contributed by atoms with Crippen LogP contribution in [0.3, 0.4) is 0 Å². The van der Waals surface area contributed by atoms with E-state index in [2.05, 4.69) is 15.7 Å². The van der Waals surface area contributed by atoms with E-state index in [0.29, 0.717) is 16.5 Å². The van der Waals surface area contributed by atoms with E-state index in [9.17, 15) is 18.0 Å². The van der Waals surface area contributed by atoms with Gasteiger partial charge in [0.1, 0.15) is 11.6 Å². The molecular formula is C18H14ClF3N4O2. The molecule has 28 heavy (non-hydrogen) atoms. The predicted octanol–water partition coefficient (Wildman–Crippen LogP) is 5.04. The van der Waals surface area contributed by atoms with E-state index in [-0.39, 0.29) is 17.9 Å². The molecule has 0 unspecified atom stereocenters. The van der Waals surface area contributed by atoms with Crippen molar-refractivity contribution in [3.05, 3.63) is 65.2 Å². The molecule has 3 heterocycles. The fourth-order valence-electron chi connectivity index (χ4n) is 3.09. The lowest BCUT2D eigenvalue weighted by Crippen LogP contribution is -2.35. The average Bonchev–Trinajstić information content (AvgIpc) is 3.31. The van der Waals surface area contributed by atoms with Gasteiger partial charge in [-0.1, -0.05) is 11.6 Å². The number of carbonyl (C=O) groups excluding carboxylic acids is 1. The lowest BCUT2D eigenvalue weighted by atomic mass is 10.0. The first-order valence-electron chi connectivity index (χ1n) is 8.34. The molecule has 146 valence electrons. The molecule has 0 bridgehead atoms. The number of aromatic nitrogens is 2. The summed E-state index contributed by atoms with van der Waals surface area (Å²) in [4.78, 5) is 12.4. The van der Waals surface area contributed by atoms with E-state index in [0.717, 1.165) is 4.68 Å². The number of hydrogen-bond donors (Lipinski definition) is 2. The van der Waals surface area contributed by atoms with Crippen LogP contribution < -0.4 is 10.6 Å². The van der Waals surface area contributed by atoms with Gasteiger partial charge in [0, 0.05) is 23.2 Å². The van der Waals surface area contributed by atoms with Crippen LogP contribution >= 0.6 is 11.6 Å². The number of fused-ring (bicyclic) bond motifs is 1. The third kappa shape index (κ3) is 3.57. The smallest absolute Gasteiger partial charge is 0.410 e. The van der Waals surface area contributed by atoms with Crippen molar-refractivity contribution >= 4 is 29.0 Å². The Morgan fingerprint density at radius 3 is 2.68 bits per heavy atom. The Bertz CT molecular complexity index is 983. The summed E-state index contributed by atoms with van der Waals surface area (Å²) in [6.07, 6.45) is -3.43. The first-order chi connectivity index (χ1) is 13.3. The van der Waals surface area contributed by atoms with Gasteiger partial charge >= 0.3 is 6.18 Å². The van der Waals surface area contributed by atoms with Crippen LogP contribution in [0.25, 0.3) is 0 Å². The Labute approximate surface area is 162 Å². The summed E-state index contributed by atoms with van der Waals surface area (Å²) in [5.74, 6) is -0.147. The minimum atomic E-state index is -4.53. The van der Waals surface area contributed by atoms with E-state index >= 15 is 0 Å². The maximum atomic E-state index is 13.6. The number of benzene rings is 1. The van der Waals surface area contributed by atoms with Crippen molar-refractivity contribution in [3.63, 3.8) is 0 Å². The summed E-state index contributed by atoms with van der Waals surface area (Å²) >= 11 is 5.80. The van der Waals surface area contributed by atoms with Gasteiger partial charge in [-0.15, -0.1) is 0 Å². The maximum absolute atomic E-state index is 13.6. The number of anilines is 2.